The summed E-state index contributed by atoms with van der Waals surface area (Å²) in [5.41, 5.74) is 1.59. The zero-order chi connectivity index (χ0) is 18.1. The van der Waals surface area contributed by atoms with Gasteiger partial charge in [0.2, 0.25) is 0 Å². The minimum absolute atomic E-state index is 0.391. The molecular weight excluding hydrogens is 314 g/mol. The molecule has 0 aromatic heterocycles. The van der Waals surface area contributed by atoms with Crippen molar-refractivity contribution in [3.63, 3.8) is 0 Å². The molecule has 4 nitrogen and oxygen atoms in total. The average Bonchev–Trinajstić information content (AvgIpc) is 2.57. The number of nitrogens with one attached hydrogen (secondary N) is 1. The Balaban J connectivity index is 1.88. The zero-order valence-corrected chi connectivity index (χ0v) is 15.0. The predicted octanol–water partition coefficient (Wildman–Crippen LogP) is 4.80. The highest BCUT2D eigenvalue weighted by Crippen LogP contribution is 2.20. The molecule has 132 valence electrons. The van der Waals surface area contributed by atoms with E-state index in [1.165, 1.54) is 0 Å². The van der Waals surface area contributed by atoms with E-state index in [-0.39, 0.29) is 0 Å². The Kier molecular flexibility index (Phi) is 6.63. The third kappa shape index (κ3) is 7.12. The number of carbonyl (C=O) groups is 1. The second-order valence-corrected chi connectivity index (χ2v) is 6.60. The van der Waals surface area contributed by atoms with Crippen LogP contribution in [0, 0.1) is 0 Å². The van der Waals surface area contributed by atoms with Crippen molar-refractivity contribution in [1.29, 1.82) is 0 Å². The van der Waals surface area contributed by atoms with E-state index in [9.17, 15) is 4.79 Å². The van der Waals surface area contributed by atoms with Crippen molar-refractivity contribution < 1.29 is 14.3 Å². The van der Waals surface area contributed by atoms with Gasteiger partial charge in [-0.2, -0.15) is 0 Å². The van der Waals surface area contributed by atoms with Crippen molar-refractivity contribution >= 4 is 12.2 Å². The monoisotopic (exact) mass is 339 g/mol. The SMILES string of the molecule is CC(C)(C)OC(=O)NCC=Cc1ccccc1OCc1ccccc1. The van der Waals surface area contributed by atoms with Crippen molar-refractivity contribution in [2.24, 2.45) is 0 Å². The first-order chi connectivity index (χ1) is 11.9. The number of ether oxygens (including phenoxy) is 2. The number of hydrogen-bond acceptors (Lipinski definition) is 3. The quantitative estimate of drug-likeness (QED) is 0.822. The fraction of sp³-hybridized carbons (Fsp3) is 0.286. The van der Waals surface area contributed by atoms with Crippen molar-refractivity contribution in [2.45, 2.75) is 33.0 Å². The number of amides is 1. The molecule has 0 aliphatic rings. The minimum Gasteiger partial charge on any atom is -0.488 e. The molecule has 0 aliphatic heterocycles. The Labute approximate surface area is 149 Å². The van der Waals surface area contributed by atoms with Crippen LogP contribution in [0.1, 0.15) is 31.9 Å². The van der Waals surface area contributed by atoms with Gasteiger partial charge in [0, 0.05) is 12.1 Å². The first kappa shape index (κ1) is 18.6. The predicted molar refractivity (Wildman–Crippen MR) is 100 cm³/mol. The van der Waals surface area contributed by atoms with Crippen LogP contribution in [0.2, 0.25) is 0 Å². The largest absolute Gasteiger partial charge is 0.488 e. The van der Waals surface area contributed by atoms with Crippen molar-refractivity contribution in [2.75, 3.05) is 6.54 Å². The Morgan fingerprint density at radius 1 is 1.04 bits per heavy atom. The molecular formula is C21H25NO3. The first-order valence-electron chi connectivity index (χ1n) is 8.33. The number of alkyl carbamates (subject to hydrolysis) is 1. The van der Waals surface area contributed by atoms with Gasteiger partial charge in [0.1, 0.15) is 18.0 Å². The van der Waals surface area contributed by atoms with Gasteiger partial charge in [0.05, 0.1) is 0 Å². The maximum Gasteiger partial charge on any atom is 0.407 e. The molecule has 0 heterocycles. The lowest BCUT2D eigenvalue weighted by molar-refractivity contribution is 0.0534. The molecule has 0 radical (unpaired) electrons. The van der Waals surface area contributed by atoms with Crippen molar-refractivity contribution in [1.82, 2.24) is 5.32 Å². The number of rotatable bonds is 6. The normalized spacial score (nSPS) is 11.3. The van der Waals surface area contributed by atoms with Crippen LogP contribution < -0.4 is 10.1 Å². The summed E-state index contributed by atoms with van der Waals surface area (Å²) < 4.78 is 11.1. The van der Waals surface area contributed by atoms with E-state index in [1.807, 2.05) is 87.5 Å². The van der Waals surface area contributed by atoms with Gasteiger partial charge < -0.3 is 14.8 Å². The van der Waals surface area contributed by atoms with Crippen LogP contribution in [-0.2, 0) is 11.3 Å². The van der Waals surface area contributed by atoms with Crippen molar-refractivity contribution in [3.05, 3.63) is 71.8 Å². The Morgan fingerprint density at radius 2 is 1.72 bits per heavy atom. The highest BCUT2D eigenvalue weighted by atomic mass is 16.6. The summed E-state index contributed by atoms with van der Waals surface area (Å²) in [5.74, 6) is 0.805. The maximum atomic E-state index is 11.6. The summed E-state index contributed by atoms with van der Waals surface area (Å²) in [5, 5.41) is 2.70. The van der Waals surface area contributed by atoms with Gasteiger partial charge in [-0.15, -0.1) is 0 Å². The summed E-state index contributed by atoms with van der Waals surface area (Å²) in [6.45, 7) is 6.41. The maximum absolute atomic E-state index is 11.6. The summed E-state index contributed by atoms with van der Waals surface area (Å²) in [7, 11) is 0. The van der Waals surface area contributed by atoms with Gasteiger partial charge in [-0.05, 0) is 32.4 Å². The molecule has 0 atom stereocenters. The molecule has 0 aliphatic carbocycles. The summed E-state index contributed by atoms with van der Waals surface area (Å²) >= 11 is 0. The summed E-state index contributed by atoms with van der Waals surface area (Å²) in [6, 6.07) is 17.8. The van der Waals surface area contributed by atoms with E-state index in [4.69, 9.17) is 9.47 Å². The molecule has 1 amide bonds. The molecule has 0 unspecified atom stereocenters. The number of hydrogen-bond donors (Lipinski definition) is 1. The number of benzene rings is 2. The third-order valence-corrected chi connectivity index (χ3v) is 3.22. The van der Waals surface area contributed by atoms with Crippen molar-refractivity contribution in [3.8, 4) is 5.75 Å². The topological polar surface area (TPSA) is 47.6 Å². The fourth-order valence-electron chi connectivity index (χ4n) is 2.13. The van der Waals surface area contributed by atoms with E-state index in [0.717, 1.165) is 16.9 Å². The average molecular weight is 339 g/mol. The van der Waals surface area contributed by atoms with Gasteiger partial charge in [-0.25, -0.2) is 4.79 Å². The molecule has 2 aromatic carbocycles. The minimum atomic E-state index is -0.494. The highest BCUT2D eigenvalue weighted by Gasteiger charge is 2.14. The van der Waals surface area contributed by atoms with E-state index >= 15 is 0 Å². The van der Waals surface area contributed by atoms with E-state index in [1.54, 1.807) is 0 Å². The third-order valence-electron chi connectivity index (χ3n) is 3.22. The molecule has 0 spiro atoms. The van der Waals surface area contributed by atoms with Crippen LogP contribution in [0.15, 0.2) is 60.7 Å². The van der Waals surface area contributed by atoms with Crippen LogP contribution in [0.3, 0.4) is 0 Å². The lowest BCUT2D eigenvalue weighted by atomic mass is 10.2. The van der Waals surface area contributed by atoms with E-state index in [2.05, 4.69) is 5.32 Å². The molecule has 2 aromatic rings. The lowest BCUT2D eigenvalue weighted by Gasteiger charge is -2.19. The van der Waals surface area contributed by atoms with Crippen LogP contribution in [0.4, 0.5) is 4.79 Å². The molecule has 0 bridgehead atoms. The van der Waals surface area contributed by atoms with Crippen LogP contribution in [-0.4, -0.2) is 18.2 Å². The first-order valence-corrected chi connectivity index (χ1v) is 8.33. The highest BCUT2D eigenvalue weighted by molar-refractivity contribution is 5.68. The van der Waals surface area contributed by atoms with Gasteiger partial charge in [0.25, 0.3) is 0 Å². The van der Waals surface area contributed by atoms with Gasteiger partial charge in [0.15, 0.2) is 0 Å². The molecule has 2 rings (SSSR count). The van der Waals surface area contributed by atoms with Gasteiger partial charge >= 0.3 is 6.09 Å². The van der Waals surface area contributed by atoms with Gasteiger partial charge in [-0.3, -0.25) is 0 Å². The summed E-state index contributed by atoms with van der Waals surface area (Å²) in [6.07, 6.45) is 3.37. The number of carbonyl (C=O) groups excluding carboxylic acids is 1. The zero-order valence-electron chi connectivity index (χ0n) is 15.0. The van der Waals surface area contributed by atoms with Crippen LogP contribution in [0.5, 0.6) is 5.75 Å². The molecule has 0 saturated heterocycles. The number of para-hydroxylation sites is 1. The lowest BCUT2D eigenvalue weighted by Crippen LogP contribution is -2.32. The van der Waals surface area contributed by atoms with Crippen LogP contribution >= 0.6 is 0 Å². The smallest absolute Gasteiger partial charge is 0.407 e. The summed E-state index contributed by atoms with van der Waals surface area (Å²) in [4.78, 5) is 11.6. The molecule has 0 saturated carbocycles. The molecule has 1 N–H and O–H groups in total. The Bertz CT molecular complexity index is 703. The molecule has 4 heteroatoms. The fourth-order valence-corrected chi connectivity index (χ4v) is 2.13. The standard InChI is InChI=1S/C21H25NO3/c1-21(2,3)25-20(23)22-15-9-13-18-12-7-8-14-19(18)24-16-17-10-5-4-6-11-17/h4-14H,15-16H2,1-3H3,(H,22,23). The Hall–Kier alpha value is -2.75. The van der Waals surface area contributed by atoms with Gasteiger partial charge in [-0.1, -0.05) is 60.7 Å². The van der Waals surface area contributed by atoms with E-state index in [0.29, 0.717) is 13.2 Å². The molecule has 25 heavy (non-hydrogen) atoms. The van der Waals surface area contributed by atoms with E-state index < -0.39 is 11.7 Å². The second kappa shape index (κ2) is 8.92. The second-order valence-electron chi connectivity index (χ2n) is 6.60. The molecule has 0 fully saturated rings. The van der Waals surface area contributed by atoms with Crippen LogP contribution in [0.25, 0.3) is 6.08 Å². The Morgan fingerprint density at radius 3 is 2.44 bits per heavy atom.